The predicted octanol–water partition coefficient (Wildman–Crippen LogP) is 2.90. The lowest BCUT2D eigenvalue weighted by Gasteiger charge is -2.10. The molecular weight excluding hydrogens is 146 g/mol. The van der Waals surface area contributed by atoms with Crippen molar-refractivity contribution < 1.29 is 0 Å². The van der Waals surface area contributed by atoms with Gasteiger partial charge in [-0.2, -0.15) is 0 Å². The van der Waals surface area contributed by atoms with Gasteiger partial charge < -0.3 is 5.32 Å². The van der Waals surface area contributed by atoms with Crippen LogP contribution in [0.5, 0.6) is 0 Å². The number of hydrogen-bond acceptors (Lipinski definition) is 1. The van der Waals surface area contributed by atoms with E-state index in [4.69, 9.17) is 0 Å². The second-order valence-electron chi connectivity index (χ2n) is 3.17. The molecule has 0 aliphatic carbocycles. The molecule has 0 aromatic heterocycles. The lowest BCUT2D eigenvalue weighted by Crippen LogP contribution is -2.26. The van der Waals surface area contributed by atoms with Gasteiger partial charge in [-0.3, -0.25) is 0 Å². The third kappa shape index (κ3) is 6.17. The number of allylic oxidation sites excluding steroid dienone is 2. The third-order valence-electron chi connectivity index (χ3n) is 1.95. The minimum atomic E-state index is 0.628. The molecule has 0 rings (SSSR count). The Morgan fingerprint density at radius 2 is 2.25 bits per heavy atom. The third-order valence-corrected chi connectivity index (χ3v) is 1.95. The van der Waals surface area contributed by atoms with Gasteiger partial charge in [-0.25, -0.2) is 0 Å². The Balaban J connectivity index is 3.37. The summed E-state index contributed by atoms with van der Waals surface area (Å²) in [5.74, 6) is 0. The molecule has 1 heteroatoms. The van der Waals surface area contributed by atoms with Crippen molar-refractivity contribution in [3.8, 4) is 0 Å². The molecule has 0 fully saturated rings. The molecule has 1 atom stereocenters. The average Bonchev–Trinajstić information content (AvgIpc) is 2.04. The second-order valence-corrected chi connectivity index (χ2v) is 3.17. The van der Waals surface area contributed by atoms with E-state index in [9.17, 15) is 0 Å². The number of rotatable bonds is 6. The first-order valence-electron chi connectivity index (χ1n) is 4.74. The molecule has 0 aromatic carbocycles. The topological polar surface area (TPSA) is 12.0 Å². The van der Waals surface area contributed by atoms with Gasteiger partial charge in [-0.05, 0) is 33.2 Å². The van der Waals surface area contributed by atoms with Crippen LogP contribution < -0.4 is 5.32 Å². The van der Waals surface area contributed by atoms with Crippen molar-refractivity contribution in [3.05, 3.63) is 24.3 Å². The molecule has 0 heterocycles. The molecule has 0 amide bonds. The summed E-state index contributed by atoms with van der Waals surface area (Å²) in [6.45, 7) is 11.4. The molecule has 12 heavy (non-hydrogen) atoms. The summed E-state index contributed by atoms with van der Waals surface area (Å²) < 4.78 is 0. The van der Waals surface area contributed by atoms with Crippen molar-refractivity contribution in [2.75, 3.05) is 6.54 Å². The molecule has 0 aliphatic heterocycles. The molecule has 0 aliphatic rings. The number of hydrogen-bond donors (Lipinski definition) is 1. The molecule has 1 N–H and O–H groups in total. The van der Waals surface area contributed by atoms with Crippen LogP contribution in [-0.4, -0.2) is 12.6 Å². The van der Waals surface area contributed by atoms with Crippen LogP contribution in [0.3, 0.4) is 0 Å². The quantitative estimate of drug-likeness (QED) is 0.600. The van der Waals surface area contributed by atoms with Gasteiger partial charge in [0.2, 0.25) is 0 Å². The van der Waals surface area contributed by atoms with Crippen LogP contribution in [0.1, 0.15) is 33.6 Å². The largest absolute Gasteiger partial charge is 0.314 e. The highest BCUT2D eigenvalue weighted by Crippen LogP contribution is 1.98. The van der Waals surface area contributed by atoms with E-state index in [0.717, 1.165) is 13.0 Å². The van der Waals surface area contributed by atoms with Crippen LogP contribution in [0.4, 0.5) is 0 Å². The van der Waals surface area contributed by atoms with Crippen LogP contribution >= 0.6 is 0 Å². The van der Waals surface area contributed by atoms with Crippen LogP contribution in [0.25, 0.3) is 0 Å². The highest BCUT2D eigenvalue weighted by atomic mass is 14.9. The van der Waals surface area contributed by atoms with Gasteiger partial charge in [-0.15, -0.1) is 0 Å². The Labute approximate surface area is 76.6 Å². The normalized spacial score (nSPS) is 13.6. The van der Waals surface area contributed by atoms with E-state index >= 15 is 0 Å². The second kappa shape index (κ2) is 7.11. The molecule has 0 bridgehead atoms. The summed E-state index contributed by atoms with van der Waals surface area (Å²) in [7, 11) is 0. The van der Waals surface area contributed by atoms with Crippen molar-refractivity contribution >= 4 is 0 Å². The van der Waals surface area contributed by atoms with Gasteiger partial charge in [0, 0.05) is 6.04 Å². The monoisotopic (exact) mass is 167 g/mol. The minimum Gasteiger partial charge on any atom is -0.314 e. The molecule has 0 aromatic rings. The van der Waals surface area contributed by atoms with Gasteiger partial charge in [-0.1, -0.05) is 31.2 Å². The summed E-state index contributed by atoms with van der Waals surface area (Å²) in [6, 6.07) is 0.628. The Hall–Kier alpha value is -0.560. The molecule has 70 valence electrons. The van der Waals surface area contributed by atoms with E-state index in [2.05, 4.69) is 31.8 Å². The first-order valence-corrected chi connectivity index (χ1v) is 4.74. The fourth-order valence-electron chi connectivity index (χ4n) is 0.942. The summed E-state index contributed by atoms with van der Waals surface area (Å²) in [4.78, 5) is 0. The standard InChI is InChI=1S/C11H21N/c1-5-7-10(3)8-9-12-11(4)6-2/h5,7,11-12H,3,6,8-9H2,1-2,4H3/b7-5-. The Morgan fingerprint density at radius 1 is 1.58 bits per heavy atom. The predicted molar refractivity (Wildman–Crippen MR) is 56.3 cm³/mol. The van der Waals surface area contributed by atoms with Gasteiger partial charge in [0.25, 0.3) is 0 Å². The van der Waals surface area contributed by atoms with Crippen molar-refractivity contribution in [1.82, 2.24) is 5.32 Å². The fraction of sp³-hybridized carbons (Fsp3) is 0.636. The first kappa shape index (κ1) is 11.4. The Morgan fingerprint density at radius 3 is 2.75 bits per heavy atom. The lowest BCUT2D eigenvalue weighted by atomic mass is 10.2. The molecular formula is C11H21N. The summed E-state index contributed by atoms with van der Waals surface area (Å²) in [6.07, 6.45) is 6.34. The maximum absolute atomic E-state index is 3.94. The lowest BCUT2D eigenvalue weighted by molar-refractivity contribution is 0.538. The van der Waals surface area contributed by atoms with Crippen molar-refractivity contribution in [3.63, 3.8) is 0 Å². The van der Waals surface area contributed by atoms with E-state index in [0.29, 0.717) is 6.04 Å². The van der Waals surface area contributed by atoms with E-state index < -0.39 is 0 Å². The summed E-state index contributed by atoms with van der Waals surface area (Å²) in [5.41, 5.74) is 1.20. The summed E-state index contributed by atoms with van der Waals surface area (Å²) in [5, 5.41) is 3.43. The van der Waals surface area contributed by atoms with E-state index in [1.54, 1.807) is 0 Å². The first-order chi connectivity index (χ1) is 5.70. The van der Waals surface area contributed by atoms with Crippen molar-refractivity contribution in [2.24, 2.45) is 0 Å². The summed E-state index contributed by atoms with van der Waals surface area (Å²) >= 11 is 0. The van der Waals surface area contributed by atoms with E-state index in [1.165, 1.54) is 12.0 Å². The fourth-order valence-corrected chi connectivity index (χ4v) is 0.942. The zero-order valence-electron chi connectivity index (χ0n) is 8.56. The van der Waals surface area contributed by atoms with Crippen molar-refractivity contribution in [1.29, 1.82) is 0 Å². The van der Waals surface area contributed by atoms with Gasteiger partial charge in [0.1, 0.15) is 0 Å². The molecule has 1 nitrogen and oxygen atoms in total. The van der Waals surface area contributed by atoms with Crippen LogP contribution in [-0.2, 0) is 0 Å². The maximum Gasteiger partial charge on any atom is 0.00362 e. The zero-order valence-corrected chi connectivity index (χ0v) is 8.56. The van der Waals surface area contributed by atoms with E-state index in [-0.39, 0.29) is 0 Å². The molecule has 0 saturated carbocycles. The molecule has 0 spiro atoms. The van der Waals surface area contributed by atoms with Crippen LogP contribution in [0.2, 0.25) is 0 Å². The molecule has 1 unspecified atom stereocenters. The van der Waals surface area contributed by atoms with Gasteiger partial charge in [0.05, 0.1) is 0 Å². The van der Waals surface area contributed by atoms with Crippen LogP contribution in [0.15, 0.2) is 24.3 Å². The highest BCUT2D eigenvalue weighted by molar-refractivity contribution is 5.13. The van der Waals surface area contributed by atoms with E-state index in [1.807, 2.05) is 13.0 Å². The molecule has 0 saturated heterocycles. The minimum absolute atomic E-state index is 0.628. The molecule has 0 radical (unpaired) electrons. The average molecular weight is 167 g/mol. The van der Waals surface area contributed by atoms with Gasteiger partial charge >= 0.3 is 0 Å². The Kier molecular flexibility index (Phi) is 6.78. The SMILES string of the molecule is C=C(/C=C\C)CCNC(C)CC. The van der Waals surface area contributed by atoms with Crippen molar-refractivity contribution in [2.45, 2.75) is 39.7 Å². The highest BCUT2D eigenvalue weighted by Gasteiger charge is 1.95. The smallest absolute Gasteiger partial charge is 0.00362 e. The van der Waals surface area contributed by atoms with Crippen LogP contribution in [0, 0.1) is 0 Å². The zero-order chi connectivity index (χ0) is 9.40. The van der Waals surface area contributed by atoms with Gasteiger partial charge in [0.15, 0.2) is 0 Å². The number of nitrogens with one attached hydrogen (secondary N) is 1. The maximum atomic E-state index is 3.94. The Bertz CT molecular complexity index is 147.